The number of pyridine rings is 1. The molecule has 0 spiro atoms. The number of hydrogen-bond donors (Lipinski definition) is 3. The van der Waals surface area contributed by atoms with Crippen LogP contribution in [0, 0.1) is 10.1 Å². The van der Waals surface area contributed by atoms with Crippen molar-refractivity contribution < 1.29 is 23.3 Å². The minimum Gasteiger partial charge on any atom is -0.365 e. The van der Waals surface area contributed by atoms with Crippen LogP contribution in [0.3, 0.4) is 0 Å². The molecule has 1 fully saturated rings. The van der Waals surface area contributed by atoms with E-state index >= 15 is 0 Å². The van der Waals surface area contributed by atoms with E-state index in [0.717, 1.165) is 24.2 Å². The Hall–Kier alpha value is -3.00. The first-order valence-electron chi connectivity index (χ1n) is 8.43. The van der Waals surface area contributed by atoms with Gasteiger partial charge in [-0.15, -0.1) is 16.4 Å². The monoisotopic (exact) mass is 500 g/mol. The van der Waals surface area contributed by atoms with Crippen molar-refractivity contribution in [2.45, 2.75) is 25.2 Å². The summed E-state index contributed by atoms with van der Waals surface area (Å²) in [7, 11) is 0. The van der Waals surface area contributed by atoms with Crippen molar-refractivity contribution >= 4 is 60.8 Å². The lowest BCUT2D eigenvalue weighted by atomic mass is 10.0. The van der Waals surface area contributed by atoms with E-state index in [2.05, 4.69) is 36.4 Å². The van der Waals surface area contributed by atoms with Crippen LogP contribution in [0.2, 0.25) is 0 Å². The van der Waals surface area contributed by atoms with Crippen LogP contribution >= 0.6 is 27.3 Å². The van der Waals surface area contributed by atoms with Gasteiger partial charge in [0.2, 0.25) is 0 Å². The van der Waals surface area contributed by atoms with Gasteiger partial charge in [-0.1, -0.05) is 5.10 Å². The van der Waals surface area contributed by atoms with Crippen molar-refractivity contribution in [2.75, 3.05) is 5.32 Å². The van der Waals surface area contributed by atoms with E-state index in [1.54, 1.807) is 0 Å². The summed E-state index contributed by atoms with van der Waals surface area (Å²) >= 11 is 3.74. The number of H-pyrrole nitrogens is 1. The highest BCUT2D eigenvalue weighted by Gasteiger charge is 2.33. The van der Waals surface area contributed by atoms with Crippen LogP contribution in [0.4, 0.5) is 20.3 Å². The van der Waals surface area contributed by atoms with Crippen LogP contribution in [0.15, 0.2) is 10.5 Å². The predicted molar refractivity (Wildman–Crippen MR) is 106 cm³/mol. The zero-order valence-corrected chi connectivity index (χ0v) is 17.1. The number of hydrogen-bond acceptors (Lipinski definition) is 7. The lowest BCUT2D eigenvalue weighted by molar-refractivity contribution is -0.390. The number of nitrogens with zero attached hydrogens (tertiary/aromatic N) is 3. The number of rotatable bonds is 6. The molecule has 1 saturated carbocycles. The predicted octanol–water partition coefficient (Wildman–Crippen LogP) is 3.86. The molecule has 14 heteroatoms. The highest BCUT2D eigenvalue weighted by atomic mass is 79.9. The number of carbonyl (C=O) groups excluding carboxylic acids is 2. The number of amides is 2. The third kappa shape index (κ3) is 3.41. The second kappa shape index (κ2) is 7.36. The van der Waals surface area contributed by atoms with Gasteiger partial charge in [-0.2, -0.15) is 0 Å². The van der Waals surface area contributed by atoms with Crippen molar-refractivity contribution in [3.05, 3.63) is 42.5 Å². The molecule has 0 aromatic carbocycles. The summed E-state index contributed by atoms with van der Waals surface area (Å²) in [6.07, 6.45) is -1.26. The van der Waals surface area contributed by atoms with Crippen LogP contribution in [0.25, 0.3) is 10.2 Å². The molecule has 3 aromatic rings. The first-order valence-corrected chi connectivity index (χ1v) is 10.0. The average Bonchev–Trinajstić information content (AvgIpc) is 3.35. The third-order valence-corrected chi connectivity index (χ3v) is 6.35. The number of aromatic nitrogens is 3. The minimum absolute atomic E-state index is 0.00261. The molecule has 4 N–H and O–H groups in total. The van der Waals surface area contributed by atoms with Gasteiger partial charge in [0.1, 0.15) is 19.9 Å². The molecule has 3 heterocycles. The Balaban J connectivity index is 1.85. The summed E-state index contributed by atoms with van der Waals surface area (Å²) in [6.45, 7) is 0. The number of nitrogens with one attached hydrogen (secondary N) is 2. The molecule has 2 amide bonds. The maximum atomic E-state index is 13.3. The maximum Gasteiger partial charge on any atom is 0.357 e. The number of aromatic amines is 1. The van der Waals surface area contributed by atoms with Crippen molar-refractivity contribution in [1.82, 2.24) is 15.2 Å². The van der Waals surface area contributed by atoms with Gasteiger partial charge in [-0.3, -0.25) is 9.59 Å². The van der Waals surface area contributed by atoms with Crippen LogP contribution in [-0.2, 0) is 0 Å². The lowest BCUT2D eigenvalue weighted by Crippen LogP contribution is -2.17. The van der Waals surface area contributed by atoms with Gasteiger partial charge in [-0.25, -0.2) is 13.8 Å². The summed E-state index contributed by atoms with van der Waals surface area (Å²) in [6, 6.07) is 1.27. The zero-order chi connectivity index (χ0) is 21.7. The van der Waals surface area contributed by atoms with Crippen LogP contribution in [-0.4, -0.2) is 31.9 Å². The average molecular weight is 501 g/mol. The standard InChI is InChI=1S/C16H11BrF2N6O4S/c17-8-10(23-24-14(8)25(28)29)15(27)22-9-7-5(4-1-2-4)3-6(12(18)19)21-16(7)30-11(9)13(20)26/h3-4,12H,1-2H2,(H2,20,26)(H,22,27)(H,23,24). The van der Waals surface area contributed by atoms with E-state index in [0.29, 0.717) is 10.9 Å². The van der Waals surface area contributed by atoms with Crippen LogP contribution in [0.1, 0.15) is 56.6 Å². The molecule has 0 bridgehead atoms. The van der Waals surface area contributed by atoms with E-state index in [-0.39, 0.29) is 31.5 Å². The molecule has 0 radical (unpaired) electrons. The topological polar surface area (TPSA) is 157 Å². The third-order valence-electron chi connectivity index (χ3n) is 4.50. The fraction of sp³-hybridized carbons (Fsp3) is 0.250. The number of carbonyl (C=O) groups is 2. The first-order chi connectivity index (χ1) is 14.2. The number of fused-ring (bicyclic) bond motifs is 1. The number of thiophene rings is 1. The number of alkyl halides is 2. The van der Waals surface area contributed by atoms with Gasteiger partial charge < -0.3 is 21.2 Å². The largest absolute Gasteiger partial charge is 0.365 e. The summed E-state index contributed by atoms with van der Waals surface area (Å²) in [5, 5.41) is 19.6. The van der Waals surface area contributed by atoms with E-state index in [1.807, 2.05) is 0 Å². The fourth-order valence-electron chi connectivity index (χ4n) is 3.03. The highest BCUT2D eigenvalue weighted by molar-refractivity contribution is 9.10. The number of nitrogens with two attached hydrogens (primary N) is 1. The number of halogens is 3. The molecule has 0 atom stereocenters. The molecular weight excluding hydrogens is 490 g/mol. The fourth-order valence-corrected chi connectivity index (χ4v) is 4.56. The molecule has 1 aliphatic carbocycles. The minimum atomic E-state index is -2.80. The summed E-state index contributed by atoms with van der Waals surface area (Å²) in [4.78, 5) is 38.9. The van der Waals surface area contributed by atoms with Gasteiger partial charge >= 0.3 is 5.82 Å². The number of anilines is 1. The van der Waals surface area contributed by atoms with E-state index < -0.39 is 34.7 Å². The molecule has 4 rings (SSSR count). The Labute approximate surface area is 178 Å². The van der Waals surface area contributed by atoms with Crippen LogP contribution in [0.5, 0.6) is 0 Å². The number of nitro groups is 1. The zero-order valence-electron chi connectivity index (χ0n) is 14.7. The van der Waals surface area contributed by atoms with E-state index in [9.17, 15) is 28.5 Å². The smallest absolute Gasteiger partial charge is 0.357 e. The molecule has 10 nitrogen and oxygen atoms in total. The SMILES string of the molecule is NC(=O)c1sc2nc(C(F)F)cc(C3CC3)c2c1NC(=O)c1n[nH]c([N+](=O)[O-])c1Br. The summed E-state index contributed by atoms with van der Waals surface area (Å²) in [5.41, 5.74) is 5.26. The van der Waals surface area contributed by atoms with Crippen LogP contribution < -0.4 is 11.1 Å². The summed E-state index contributed by atoms with van der Waals surface area (Å²) < 4.78 is 26.4. The van der Waals surface area contributed by atoms with Crippen molar-refractivity contribution in [3.63, 3.8) is 0 Å². The van der Waals surface area contributed by atoms with E-state index in [1.165, 1.54) is 6.07 Å². The van der Waals surface area contributed by atoms with E-state index in [4.69, 9.17) is 5.73 Å². The Kier molecular flexibility index (Phi) is 4.97. The second-order valence-electron chi connectivity index (χ2n) is 6.51. The first kappa shape index (κ1) is 20.3. The van der Waals surface area contributed by atoms with Gasteiger partial charge in [-0.05, 0) is 51.2 Å². The Morgan fingerprint density at radius 2 is 2.13 bits per heavy atom. The summed E-state index contributed by atoms with van der Waals surface area (Å²) in [5.74, 6) is -2.25. The molecule has 30 heavy (non-hydrogen) atoms. The van der Waals surface area contributed by atoms with Crippen molar-refractivity contribution in [3.8, 4) is 0 Å². The lowest BCUT2D eigenvalue weighted by Gasteiger charge is -2.09. The van der Waals surface area contributed by atoms with Gasteiger partial charge in [0.15, 0.2) is 5.69 Å². The van der Waals surface area contributed by atoms with Gasteiger partial charge in [0.05, 0.1) is 5.69 Å². The molecule has 0 saturated heterocycles. The molecule has 1 aliphatic rings. The van der Waals surface area contributed by atoms with Crippen molar-refractivity contribution in [1.29, 1.82) is 0 Å². The molecule has 156 valence electrons. The Morgan fingerprint density at radius 3 is 2.67 bits per heavy atom. The molecule has 0 unspecified atom stereocenters. The Bertz CT molecular complexity index is 1220. The quantitative estimate of drug-likeness (QED) is 0.344. The maximum absolute atomic E-state index is 13.3. The van der Waals surface area contributed by atoms with Gasteiger partial charge in [0, 0.05) is 5.39 Å². The molecule has 3 aromatic heterocycles. The van der Waals surface area contributed by atoms with Crippen molar-refractivity contribution in [2.24, 2.45) is 5.73 Å². The highest BCUT2D eigenvalue weighted by Crippen LogP contribution is 2.48. The molecule has 0 aliphatic heterocycles. The number of primary amides is 1. The van der Waals surface area contributed by atoms with Gasteiger partial charge in [0.25, 0.3) is 18.2 Å². The normalized spacial score (nSPS) is 13.7. The Morgan fingerprint density at radius 1 is 1.43 bits per heavy atom. The second-order valence-corrected chi connectivity index (χ2v) is 8.30. The molecular formula is C16H11BrF2N6O4S.